The zero-order chi connectivity index (χ0) is 23.0. The second-order valence-electron chi connectivity index (χ2n) is 8.75. The molecule has 3 rings (SSSR count). The molecule has 5 nitrogen and oxygen atoms in total. The van der Waals surface area contributed by atoms with Crippen LogP contribution in [0.2, 0.25) is 0 Å². The fraction of sp³-hybridized carbons (Fsp3) is 0.519. The predicted octanol–water partition coefficient (Wildman–Crippen LogP) is 5.28. The number of benzene rings is 2. The normalized spacial score (nSPS) is 13.7. The van der Waals surface area contributed by atoms with Gasteiger partial charge in [0.1, 0.15) is 0 Å². The highest BCUT2D eigenvalue weighted by Crippen LogP contribution is 2.53. The van der Waals surface area contributed by atoms with Gasteiger partial charge in [-0.05, 0) is 55.4 Å². The van der Waals surface area contributed by atoms with Crippen molar-refractivity contribution in [2.24, 2.45) is 0 Å². The maximum atomic E-state index is 11.1. The molecule has 0 amide bonds. The molecule has 0 saturated heterocycles. The Kier molecular flexibility index (Phi) is 8.85. The number of unbranched alkanes of at least 4 members (excludes halogenated alkanes) is 1. The summed E-state index contributed by atoms with van der Waals surface area (Å²) in [7, 11) is 1.66. The quantitative estimate of drug-likeness (QED) is 0.405. The second kappa shape index (κ2) is 11.6. The van der Waals surface area contributed by atoms with Crippen LogP contribution in [-0.2, 0) is 24.4 Å². The van der Waals surface area contributed by atoms with Gasteiger partial charge in [-0.15, -0.1) is 0 Å². The summed E-state index contributed by atoms with van der Waals surface area (Å²) in [5.41, 5.74) is 7.64. The van der Waals surface area contributed by atoms with Crippen molar-refractivity contribution >= 4 is 5.97 Å². The van der Waals surface area contributed by atoms with E-state index >= 15 is 0 Å². The van der Waals surface area contributed by atoms with Crippen LogP contribution >= 0.6 is 0 Å². The van der Waals surface area contributed by atoms with Crippen LogP contribution in [0.1, 0.15) is 54.4 Å². The summed E-state index contributed by atoms with van der Waals surface area (Å²) < 4.78 is 16.5. The molecule has 0 radical (unpaired) electrons. The topological polar surface area (TPSA) is 65.0 Å². The Morgan fingerprint density at radius 3 is 1.94 bits per heavy atom. The van der Waals surface area contributed by atoms with Crippen molar-refractivity contribution in [3.05, 3.63) is 58.7 Å². The van der Waals surface area contributed by atoms with Crippen LogP contribution in [0.25, 0.3) is 11.1 Å². The van der Waals surface area contributed by atoms with Gasteiger partial charge in [0.05, 0.1) is 26.4 Å². The molecule has 2 aromatic rings. The van der Waals surface area contributed by atoms with Crippen LogP contribution in [0, 0.1) is 13.8 Å². The van der Waals surface area contributed by atoms with E-state index in [1.807, 2.05) is 0 Å². The Morgan fingerprint density at radius 1 is 0.812 bits per heavy atom. The molecule has 0 saturated carbocycles. The third-order valence-corrected chi connectivity index (χ3v) is 6.39. The zero-order valence-corrected chi connectivity index (χ0v) is 19.6. The molecule has 2 aromatic carbocycles. The van der Waals surface area contributed by atoms with E-state index in [1.165, 1.54) is 33.4 Å². The van der Waals surface area contributed by atoms with Gasteiger partial charge in [-0.2, -0.15) is 0 Å². The van der Waals surface area contributed by atoms with Gasteiger partial charge in [-0.1, -0.05) is 53.9 Å². The number of hydrogen-bond acceptors (Lipinski definition) is 4. The van der Waals surface area contributed by atoms with Crippen LogP contribution in [0.5, 0.6) is 0 Å². The van der Waals surface area contributed by atoms with Crippen molar-refractivity contribution in [3.8, 4) is 11.1 Å². The summed E-state index contributed by atoms with van der Waals surface area (Å²) in [5, 5.41) is 9.10. The van der Waals surface area contributed by atoms with Gasteiger partial charge in [-0.3, -0.25) is 4.79 Å². The first-order valence-electron chi connectivity index (χ1n) is 11.6. The van der Waals surface area contributed by atoms with E-state index in [2.05, 4.69) is 50.2 Å². The van der Waals surface area contributed by atoms with Gasteiger partial charge in [-0.25, -0.2) is 0 Å². The first-order valence-corrected chi connectivity index (χ1v) is 11.6. The lowest BCUT2D eigenvalue weighted by atomic mass is 9.71. The van der Waals surface area contributed by atoms with E-state index in [0.717, 1.165) is 19.3 Å². The van der Waals surface area contributed by atoms with Gasteiger partial charge >= 0.3 is 5.97 Å². The lowest BCUT2D eigenvalue weighted by Crippen LogP contribution is -2.28. The van der Waals surface area contributed by atoms with E-state index in [4.69, 9.17) is 19.3 Å². The van der Waals surface area contributed by atoms with E-state index in [0.29, 0.717) is 39.5 Å². The zero-order valence-electron chi connectivity index (χ0n) is 19.6. The summed E-state index contributed by atoms with van der Waals surface area (Å²) >= 11 is 0. The lowest BCUT2D eigenvalue weighted by molar-refractivity contribution is -0.137. The molecule has 1 N–H and O–H groups in total. The Labute approximate surface area is 191 Å². The lowest BCUT2D eigenvalue weighted by Gasteiger charge is -2.33. The van der Waals surface area contributed by atoms with Crippen LogP contribution in [0.4, 0.5) is 0 Å². The number of hydrogen-bond donors (Lipinski definition) is 1. The van der Waals surface area contributed by atoms with Crippen molar-refractivity contribution < 1.29 is 24.1 Å². The summed E-state index contributed by atoms with van der Waals surface area (Å²) in [6.45, 7) is 7.18. The minimum absolute atomic E-state index is 0.155. The van der Waals surface area contributed by atoms with Gasteiger partial charge in [0.2, 0.25) is 0 Å². The molecule has 1 aliphatic carbocycles. The van der Waals surface area contributed by atoms with Crippen molar-refractivity contribution in [1.29, 1.82) is 0 Å². The summed E-state index contributed by atoms with van der Waals surface area (Å²) in [4.78, 5) is 11.1. The van der Waals surface area contributed by atoms with E-state index < -0.39 is 5.97 Å². The number of rotatable bonds is 14. The third kappa shape index (κ3) is 5.77. The first-order chi connectivity index (χ1) is 15.5. The summed E-state index contributed by atoms with van der Waals surface area (Å²) in [6.07, 6.45) is 3.56. The fourth-order valence-electron chi connectivity index (χ4n) is 4.80. The van der Waals surface area contributed by atoms with Crippen molar-refractivity contribution in [2.75, 3.05) is 40.1 Å². The molecule has 174 valence electrons. The molecule has 0 atom stereocenters. The minimum atomic E-state index is -0.727. The maximum absolute atomic E-state index is 11.1. The van der Waals surface area contributed by atoms with Crippen LogP contribution in [-0.4, -0.2) is 51.2 Å². The molecule has 0 aliphatic heterocycles. The van der Waals surface area contributed by atoms with Crippen LogP contribution < -0.4 is 0 Å². The van der Waals surface area contributed by atoms with Gasteiger partial charge in [0, 0.05) is 25.6 Å². The average Bonchev–Trinajstić information content (AvgIpc) is 3.02. The highest BCUT2D eigenvalue weighted by molar-refractivity contribution is 5.81. The summed E-state index contributed by atoms with van der Waals surface area (Å²) in [6, 6.07) is 13.5. The number of carboxylic acids is 1. The molecule has 0 bridgehead atoms. The van der Waals surface area contributed by atoms with Gasteiger partial charge < -0.3 is 19.3 Å². The molecule has 0 unspecified atom stereocenters. The molecule has 5 heteroatoms. The molecule has 32 heavy (non-hydrogen) atoms. The van der Waals surface area contributed by atoms with Gasteiger partial charge in [0.25, 0.3) is 0 Å². The standard InChI is InChI=1S/C27H36O5/c1-20-7-9-22-23-10-8-21(2)19-25(23)27(24(22)18-20,11-5-4-6-26(28)29)12-13-31-16-17-32-15-14-30-3/h7-10,18-19H,4-6,11-17H2,1-3H3,(H,28,29). The van der Waals surface area contributed by atoms with E-state index in [-0.39, 0.29) is 11.8 Å². The highest BCUT2D eigenvalue weighted by atomic mass is 16.5. The largest absolute Gasteiger partial charge is 0.481 e. The Balaban J connectivity index is 1.81. The van der Waals surface area contributed by atoms with Crippen molar-refractivity contribution in [1.82, 2.24) is 0 Å². The number of carbonyl (C=O) groups is 1. The molecule has 0 spiro atoms. The second-order valence-corrected chi connectivity index (χ2v) is 8.75. The fourth-order valence-corrected chi connectivity index (χ4v) is 4.80. The number of carboxylic acid groups (broad SMARTS) is 1. The maximum Gasteiger partial charge on any atom is 0.303 e. The van der Waals surface area contributed by atoms with E-state index in [1.54, 1.807) is 7.11 Å². The molecule has 1 aliphatic rings. The monoisotopic (exact) mass is 440 g/mol. The molecule has 0 aromatic heterocycles. The number of methoxy groups -OCH3 is 1. The van der Waals surface area contributed by atoms with E-state index in [9.17, 15) is 4.79 Å². The Bertz CT molecular complexity index is 853. The van der Waals surface area contributed by atoms with Gasteiger partial charge in [0.15, 0.2) is 0 Å². The number of aliphatic carboxylic acids is 1. The third-order valence-electron chi connectivity index (χ3n) is 6.39. The molecular weight excluding hydrogens is 404 g/mol. The Hall–Kier alpha value is -2.21. The number of ether oxygens (including phenoxy) is 3. The smallest absolute Gasteiger partial charge is 0.303 e. The first kappa shape index (κ1) is 24.4. The minimum Gasteiger partial charge on any atom is -0.481 e. The SMILES string of the molecule is COCCOCCOCCC1(CCCCC(=O)O)c2cc(C)ccc2-c2ccc(C)cc21. The number of aryl methyl sites for hydroxylation is 2. The molecule has 0 fully saturated rings. The van der Waals surface area contributed by atoms with Crippen LogP contribution in [0.15, 0.2) is 36.4 Å². The average molecular weight is 441 g/mol. The molecule has 0 heterocycles. The van der Waals surface area contributed by atoms with Crippen LogP contribution in [0.3, 0.4) is 0 Å². The predicted molar refractivity (Wildman–Crippen MR) is 126 cm³/mol. The van der Waals surface area contributed by atoms with Crippen molar-refractivity contribution in [2.45, 2.75) is 51.4 Å². The molecular formula is C27H36O5. The Morgan fingerprint density at radius 2 is 1.38 bits per heavy atom. The summed E-state index contributed by atoms with van der Waals surface area (Å²) in [5.74, 6) is -0.727. The number of fused-ring (bicyclic) bond motifs is 3. The van der Waals surface area contributed by atoms with Crippen molar-refractivity contribution in [3.63, 3.8) is 0 Å². The highest BCUT2D eigenvalue weighted by Gasteiger charge is 2.42.